The molecule has 1 aliphatic heterocycles. The van der Waals surface area contributed by atoms with Crippen molar-refractivity contribution < 1.29 is 0 Å². The minimum atomic E-state index is 0.245. The number of aromatic nitrogens is 1. The second-order valence-electron chi connectivity index (χ2n) is 7.10. The van der Waals surface area contributed by atoms with Gasteiger partial charge in [0.15, 0.2) is 0 Å². The largest absolute Gasteiger partial charge is 0.309 e. The van der Waals surface area contributed by atoms with E-state index in [1.165, 1.54) is 5.69 Å². The molecule has 1 aliphatic rings. The van der Waals surface area contributed by atoms with Crippen LogP contribution in [0, 0.1) is 0 Å². The van der Waals surface area contributed by atoms with E-state index in [2.05, 4.69) is 68.1 Å². The van der Waals surface area contributed by atoms with Gasteiger partial charge in [0.1, 0.15) is 0 Å². The highest BCUT2D eigenvalue weighted by Crippen LogP contribution is 2.20. The molecule has 4 nitrogen and oxygen atoms in total. The first-order valence-corrected chi connectivity index (χ1v) is 7.98. The smallest absolute Gasteiger partial charge is 0.0547 e. The van der Waals surface area contributed by atoms with Crippen molar-refractivity contribution in [2.75, 3.05) is 26.7 Å². The number of pyridine rings is 1. The van der Waals surface area contributed by atoms with E-state index in [9.17, 15) is 0 Å². The monoisotopic (exact) mass is 290 g/mol. The Hall–Kier alpha value is -0.970. The average molecular weight is 290 g/mol. The van der Waals surface area contributed by atoms with Gasteiger partial charge in [-0.15, -0.1) is 0 Å². The van der Waals surface area contributed by atoms with Crippen LogP contribution in [0.2, 0.25) is 0 Å². The van der Waals surface area contributed by atoms with E-state index in [4.69, 9.17) is 4.98 Å². The molecular weight excluding hydrogens is 260 g/mol. The zero-order valence-corrected chi connectivity index (χ0v) is 14.2. The van der Waals surface area contributed by atoms with Crippen molar-refractivity contribution in [2.45, 2.75) is 52.4 Å². The third kappa shape index (κ3) is 4.77. The van der Waals surface area contributed by atoms with E-state index in [1.54, 1.807) is 0 Å². The molecule has 1 fully saturated rings. The molecule has 0 spiro atoms. The average Bonchev–Trinajstić information content (AvgIpc) is 2.41. The second-order valence-corrected chi connectivity index (χ2v) is 7.10. The lowest BCUT2D eigenvalue weighted by molar-refractivity contribution is 0.0354. The Morgan fingerprint density at radius 3 is 2.62 bits per heavy atom. The van der Waals surface area contributed by atoms with E-state index < -0.39 is 0 Å². The number of piperazine rings is 1. The van der Waals surface area contributed by atoms with Gasteiger partial charge < -0.3 is 5.32 Å². The Morgan fingerprint density at radius 1 is 1.24 bits per heavy atom. The summed E-state index contributed by atoms with van der Waals surface area (Å²) >= 11 is 0. The molecule has 2 heterocycles. The SMILES string of the molecule is CC(C)NCc1cccc(CN2CCN(C)C(C)(C)C2)n1. The number of nitrogens with one attached hydrogen (secondary N) is 1. The Labute approximate surface area is 129 Å². The van der Waals surface area contributed by atoms with Crippen LogP contribution in [-0.2, 0) is 13.1 Å². The number of hydrogen-bond acceptors (Lipinski definition) is 4. The third-order valence-electron chi connectivity index (χ3n) is 4.34. The van der Waals surface area contributed by atoms with E-state index >= 15 is 0 Å². The fourth-order valence-corrected chi connectivity index (χ4v) is 2.73. The Morgan fingerprint density at radius 2 is 1.95 bits per heavy atom. The maximum absolute atomic E-state index is 4.79. The zero-order chi connectivity index (χ0) is 15.5. The van der Waals surface area contributed by atoms with Crippen molar-refractivity contribution in [1.82, 2.24) is 20.1 Å². The number of likely N-dealkylation sites (N-methyl/N-ethyl adjacent to an activating group) is 1. The van der Waals surface area contributed by atoms with E-state index in [1.807, 2.05) is 0 Å². The maximum Gasteiger partial charge on any atom is 0.0547 e. The lowest BCUT2D eigenvalue weighted by atomic mass is 9.99. The van der Waals surface area contributed by atoms with Crippen molar-refractivity contribution in [3.05, 3.63) is 29.6 Å². The quantitative estimate of drug-likeness (QED) is 0.900. The highest BCUT2D eigenvalue weighted by atomic mass is 15.3. The van der Waals surface area contributed by atoms with Gasteiger partial charge in [0.25, 0.3) is 0 Å². The summed E-state index contributed by atoms with van der Waals surface area (Å²) in [6.45, 7) is 14.1. The molecule has 1 saturated heterocycles. The Bertz CT molecular complexity index is 456. The highest BCUT2D eigenvalue weighted by Gasteiger charge is 2.30. The number of rotatable bonds is 5. The predicted molar refractivity (Wildman–Crippen MR) is 88.2 cm³/mol. The molecule has 0 atom stereocenters. The summed E-state index contributed by atoms with van der Waals surface area (Å²) in [4.78, 5) is 9.75. The minimum Gasteiger partial charge on any atom is -0.309 e. The summed E-state index contributed by atoms with van der Waals surface area (Å²) < 4.78 is 0. The molecule has 118 valence electrons. The first kappa shape index (κ1) is 16.4. The van der Waals surface area contributed by atoms with Crippen LogP contribution < -0.4 is 5.32 Å². The predicted octanol–water partition coefficient (Wildman–Crippen LogP) is 2.11. The lowest BCUT2D eigenvalue weighted by Gasteiger charge is -2.45. The third-order valence-corrected chi connectivity index (χ3v) is 4.34. The Balaban J connectivity index is 1.95. The molecule has 0 saturated carbocycles. The van der Waals surface area contributed by atoms with Crippen LogP contribution >= 0.6 is 0 Å². The molecule has 1 aromatic heterocycles. The van der Waals surface area contributed by atoms with Crippen LogP contribution in [0.3, 0.4) is 0 Å². The van der Waals surface area contributed by atoms with Gasteiger partial charge in [-0.05, 0) is 33.0 Å². The molecule has 0 aliphatic carbocycles. The van der Waals surface area contributed by atoms with Gasteiger partial charge in [-0.2, -0.15) is 0 Å². The van der Waals surface area contributed by atoms with Crippen LogP contribution in [-0.4, -0.2) is 53.0 Å². The first-order chi connectivity index (χ1) is 9.87. The zero-order valence-electron chi connectivity index (χ0n) is 14.2. The molecular formula is C17H30N4. The van der Waals surface area contributed by atoms with Gasteiger partial charge in [-0.3, -0.25) is 14.8 Å². The molecule has 1 aromatic rings. The summed E-state index contributed by atoms with van der Waals surface area (Å²) in [7, 11) is 2.22. The van der Waals surface area contributed by atoms with Crippen molar-refractivity contribution in [2.24, 2.45) is 0 Å². The molecule has 1 N–H and O–H groups in total. The second kappa shape index (κ2) is 6.86. The summed E-state index contributed by atoms with van der Waals surface area (Å²) in [6.07, 6.45) is 0. The standard InChI is InChI=1S/C17H30N4/c1-14(2)18-11-15-7-6-8-16(19-15)12-21-10-9-20(5)17(3,4)13-21/h6-8,14,18H,9-13H2,1-5H3. The molecule has 0 radical (unpaired) electrons. The van der Waals surface area contributed by atoms with Crippen molar-refractivity contribution in [3.63, 3.8) is 0 Å². The van der Waals surface area contributed by atoms with Gasteiger partial charge in [0.05, 0.1) is 11.4 Å². The van der Waals surface area contributed by atoms with Crippen LogP contribution in [0.1, 0.15) is 39.1 Å². The van der Waals surface area contributed by atoms with Crippen molar-refractivity contribution >= 4 is 0 Å². The topological polar surface area (TPSA) is 31.4 Å². The van der Waals surface area contributed by atoms with E-state index in [0.29, 0.717) is 6.04 Å². The number of hydrogen-bond donors (Lipinski definition) is 1. The lowest BCUT2D eigenvalue weighted by Crippen LogP contribution is -2.57. The van der Waals surface area contributed by atoms with Crippen molar-refractivity contribution in [1.29, 1.82) is 0 Å². The van der Waals surface area contributed by atoms with E-state index in [-0.39, 0.29) is 5.54 Å². The fraction of sp³-hybridized carbons (Fsp3) is 0.706. The summed E-state index contributed by atoms with van der Waals surface area (Å²) in [6, 6.07) is 6.87. The van der Waals surface area contributed by atoms with Gasteiger partial charge in [-0.1, -0.05) is 19.9 Å². The molecule has 0 aromatic carbocycles. The fourth-order valence-electron chi connectivity index (χ4n) is 2.73. The van der Waals surface area contributed by atoms with Crippen LogP contribution in [0.5, 0.6) is 0 Å². The molecule has 4 heteroatoms. The molecule has 0 bridgehead atoms. The maximum atomic E-state index is 4.79. The molecule has 0 unspecified atom stereocenters. The molecule has 0 amide bonds. The van der Waals surface area contributed by atoms with E-state index in [0.717, 1.165) is 38.4 Å². The normalized spacial score (nSPS) is 20.1. The Kier molecular flexibility index (Phi) is 5.36. The van der Waals surface area contributed by atoms with Crippen LogP contribution in [0.4, 0.5) is 0 Å². The van der Waals surface area contributed by atoms with Gasteiger partial charge in [-0.25, -0.2) is 0 Å². The summed E-state index contributed by atoms with van der Waals surface area (Å²) in [5.74, 6) is 0. The van der Waals surface area contributed by atoms with Crippen LogP contribution in [0.15, 0.2) is 18.2 Å². The minimum absolute atomic E-state index is 0.245. The van der Waals surface area contributed by atoms with Gasteiger partial charge in [0.2, 0.25) is 0 Å². The van der Waals surface area contributed by atoms with Crippen LogP contribution in [0.25, 0.3) is 0 Å². The molecule has 21 heavy (non-hydrogen) atoms. The summed E-state index contributed by atoms with van der Waals surface area (Å²) in [5, 5.41) is 3.43. The summed E-state index contributed by atoms with van der Waals surface area (Å²) in [5.41, 5.74) is 2.56. The van der Waals surface area contributed by atoms with Crippen molar-refractivity contribution in [3.8, 4) is 0 Å². The van der Waals surface area contributed by atoms with Gasteiger partial charge >= 0.3 is 0 Å². The molecule has 2 rings (SSSR count). The highest BCUT2D eigenvalue weighted by molar-refractivity contribution is 5.11. The number of nitrogens with zero attached hydrogens (tertiary/aromatic N) is 3. The first-order valence-electron chi connectivity index (χ1n) is 7.98. The van der Waals surface area contributed by atoms with Gasteiger partial charge in [0, 0.05) is 44.3 Å².